The lowest BCUT2D eigenvalue weighted by molar-refractivity contribution is -0.384. The molecule has 0 saturated heterocycles. The lowest BCUT2D eigenvalue weighted by Crippen LogP contribution is -1.89. The minimum Gasteiger partial charge on any atom is -0.275 e. The number of nitro benzene ring substituents is 1. The van der Waals surface area contributed by atoms with Gasteiger partial charge in [0.05, 0.1) is 10.6 Å². The van der Waals surface area contributed by atoms with E-state index in [9.17, 15) is 10.1 Å². The van der Waals surface area contributed by atoms with Crippen LogP contribution in [0.25, 0.3) is 11.3 Å². The van der Waals surface area contributed by atoms with E-state index in [-0.39, 0.29) is 5.69 Å². The molecule has 0 aliphatic heterocycles. The molecule has 0 spiro atoms. The van der Waals surface area contributed by atoms with Crippen LogP contribution in [0.4, 0.5) is 5.69 Å². The molecule has 0 saturated carbocycles. The third-order valence-electron chi connectivity index (χ3n) is 2.09. The van der Waals surface area contributed by atoms with Crippen LogP contribution in [0.15, 0.2) is 36.5 Å². The monoisotopic (exact) mass is 203 g/mol. The molecule has 0 atom stereocenters. The molecule has 0 unspecified atom stereocenters. The summed E-state index contributed by atoms with van der Waals surface area (Å²) in [5.41, 5.74) is 1.78. The van der Waals surface area contributed by atoms with E-state index in [0.29, 0.717) is 0 Å². The molecular formula is C10H9N3O2. The summed E-state index contributed by atoms with van der Waals surface area (Å²) >= 11 is 0. The normalized spacial score (nSPS) is 10.2. The summed E-state index contributed by atoms with van der Waals surface area (Å²) < 4.78 is 1.69. The third kappa shape index (κ3) is 1.85. The van der Waals surface area contributed by atoms with Crippen LogP contribution in [0, 0.1) is 10.1 Å². The quantitative estimate of drug-likeness (QED) is 0.554. The highest BCUT2D eigenvalue weighted by Gasteiger charge is 2.06. The van der Waals surface area contributed by atoms with E-state index in [1.807, 2.05) is 19.3 Å². The second-order valence-electron chi connectivity index (χ2n) is 3.18. The highest BCUT2D eigenvalue weighted by molar-refractivity contribution is 5.60. The lowest BCUT2D eigenvalue weighted by Gasteiger charge is -1.95. The van der Waals surface area contributed by atoms with Crippen LogP contribution in [0.2, 0.25) is 0 Å². The van der Waals surface area contributed by atoms with Gasteiger partial charge in [0, 0.05) is 30.9 Å². The minimum absolute atomic E-state index is 0.0923. The van der Waals surface area contributed by atoms with Crippen LogP contribution >= 0.6 is 0 Å². The van der Waals surface area contributed by atoms with Crippen molar-refractivity contribution in [2.24, 2.45) is 7.05 Å². The van der Waals surface area contributed by atoms with E-state index in [1.165, 1.54) is 12.1 Å². The molecule has 1 heterocycles. The Balaban J connectivity index is 2.35. The number of aryl methyl sites for hydroxylation is 1. The molecule has 0 bridgehead atoms. The molecule has 0 radical (unpaired) electrons. The average molecular weight is 203 g/mol. The number of aromatic nitrogens is 2. The van der Waals surface area contributed by atoms with Crippen LogP contribution in [0.3, 0.4) is 0 Å². The highest BCUT2D eigenvalue weighted by Crippen LogP contribution is 2.20. The minimum atomic E-state index is -0.414. The van der Waals surface area contributed by atoms with Crippen LogP contribution in [0.1, 0.15) is 0 Å². The lowest BCUT2D eigenvalue weighted by atomic mass is 10.1. The summed E-state index contributed by atoms with van der Waals surface area (Å²) in [6, 6.07) is 8.20. The van der Waals surface area contributed by atoms with Crippen molar-refractivity contribution >= 4 is 5.69 Å². The Kier molecular flexibility index (Phi) is 2.21. The summed E-state index contributed by atoms with van der Waals surface area (Å²) in [4.78, 5) is 10.0. The average Bonchev–Trinajstić information content (AvgIpc) is 2.65. The molecule has 5 nitrogen and oxygen atoms in total. The molecule has 0 amide bonds. The summed E-state index contributed by atoms with van der Waals surface area (Å²) in [6.45, 7) is 0. The number of hydrogen-bond acceptors (Lipinski definition) is 3. The fourth-order valence-electron chi connectivity index (χ4n) is 1.32. The summed E-state index contributed by atoms with van der Waals surface area (Å²) in [5, 5.41) is 14.6. The molecule has 76 valence electrons. The summed E-state index contributed by atoms with van der Waals surface area (Å²) in [5.74, 6) is 0. The van der Waals surface area contributed by atoms with Gasteiger partial charge in [0.2, 0.25) is 0 Å². The Bertz CT molecular complexity index is 488. The van der Waals surface area contributed by atoms with Gasteiger partial charge in [-0.2, -0.15) is 5.10 Å². The fourth-order valence-corrected chi connectivity index (χ4v) is 1.32. The Morgan fingerprint density at radius 1 is 1.27 bits per heavy atom. The van der Waals surface area contributed by atoms with Gasteiger partial charge in [-0.3, -0.25) is 14.8 Å². The molecule has 2 rings (SSSR count). The largest absolute Gasteiger partial charge is 0.275 e. The van der Waals surface area contributed by atoms with Crippen LogP contribution in [-0.2, 0) is 7.05 Å². The van der Waals surface area contributed by atoms with Crippen molar-refractivity contribution < 1.29 is 4.92 Å². The first-order valence-electron chi connectivity index (χ1n) is 4.41. The van der Waals surface area contributed by atoms with Gasteiger partial charge in [-0.15, -0.1) is 0 Å². The zero-order valence-electron chi connectivity index (χ0n) is 8.12. The van der Waals surface area contributed by atoms with Crippen molar-refractivity contribution in [2.75, 3.05) is 0 Å². The predicted octanol–water partition coefficient (Wildman–Crippen LogP) is 2.00. The van der Waals surface area contributed by atoms with Crippen LogP contribution in [0.5, 0.6) is 0 Å². The first kappa shape index (κ1) is 9.39. The molecule has 5 heteroatoms. The second kappa shape index (κ2) is 3.53. The van der Waals surface area contributed by atoms with Crippen molar-refractivity contribution in [1.82, 2.24) is 9.78 Å². The van der Waals surface area contributed by atoms with Gasteiger partial charge in [0.15, 0.2) is 0 Å². The number of rotatable bonds is 2. The standard InChI is InChI=1S/C10H9N3O2/c1-12-7-6-10(11-12)8-2-4-9(5-3-8)13(14)15/h2-7H,1H3. The van der Waals surface area contributed by atoms with Crippen molar-refractivity contribution in [3.63, 3.8) is 0 Å². The highest BCUT2D eigenvalue weighted by atomic mass is 16.6. The van der Waals surface area contributed by atoms with E-state index in [0.717, 1.165) is 11.3 Å². The van der Waals surface area contributed by atoms with Crippen molar-refractivity contribution in [1.29, 1.82) is 0 Å². The fraction of sp³-hybridized carbons (Fsp3) is 0.100. The summed E-state index contributed by atoms with van der Waals surface area (Å²) in [6.07, 6.45) is 1.83. The molecule has 0 aliphatic rings. The first-order valence-corrected chi connectivity index (χ1v) is 4.41. The molecule has 15 heavy (non-hydrogen) atoms. The Morgan fingerprint density at radius 2 is 1.93 bits per heavy atom. The van der Waals surface area contributed by atoms with E-state index in [4.69, 9.17) is 0 Å². The maximum Gasteiger partial charge on any atom is 0.269 e. The molecule has 1 aromatic heterocycles. The molecular weight excluding hydrogens is 194 g/mol. The maximum atomic E-state index is 10.4. The second-order valence-corrected chi connectivity index (χ2v) is 3.18. The molecule has 1 aromatic carbocycles. The van der Waals surface area contributed by atoms with Gasteiger partial charge in [-0.1, -0.05) is 0 Å². The number of hydrogen-bond donors (Lipinski definition) is 0. The zero-order valence-corrected chi connectivity index (χ0v) is 8.12. The Hall–Kier alpha value is -2.17. The van der Waals surface area contributed by atoms with E-state index in [2.05, 4.69) is 5.10 Å². The van der Waals surface area contributed by atoms with Gasteiger partial charge >= 0.3 is 0 Å². The third-order valence-corrected chi connectivity index (χ3v) is 2.09. The number of nitro groups is 1. The van der Waals surface area contributed by atoms with E-state index < -0.39 is 4.92 Å². The Morgan fingerprint density at radius 3 is 2.40 bits per heavy atom. The summed E-state index contributed by atoms with van der Waals surface area (Å²) in [7, 11) is 1.83. The number of non-ortho nitro benzene ring substituents is 1. The first-order chi connectivity index (χ1) is 7.16. The topological polar surface area (TPSA) is 61.0 Å². The molecule has 0 N–H and O–H groups in total. The predicted molar refractivity (Wildman–Crippen MR) is 55.3 cm³/mol. The molecule has 0 fully saturated rings. The van der Waals surface area contributed by atoms with Crippen molar-refractivity contribution in [2.45, 2.75) is 0 Å². The van der Waals surface area contributed by atoms with Gasteiger partial charge < -0.3 is 0 Å². The van der Waals surface area contributed by atoms with Crippen molar-refractivity contribution in [3.05, 3.63) is 46.6 Å². The van der Waals surface area contributed by atoms with Gasteiger partial charge in [-0.25, -0.2) is 0 Å². The van der Waals surface area contributed by atoms with Gasteiger partial charge in [0.25, 0.3) is 5.69 Å². The molecule has 2 aromatic rings. The van der Waals surface area contributed by atoms with Crippen LogP contribution in [-0.4, -0.2) is 14.7 Å². The van der Waals surface area contributed by atoms with Crippen LogP contribution < -0.4 is 0 Å². The van der Waals surface area contributed by atoms with Crippen molar-refractivity contribution in [3.8, 4) is 11.3 Å². The number of nitrogens with zero attached hydrogens (tertiary/aromatic N) is 3. The number of benzene rings is 1. The van der Waals surface area contributed by atoms with E-state index >= 15 is 0 Å². The van der Waals surface area contributed by atoms with Gasteiger partial charge in [0.1, 0.15) is 0 Å². The smallest absolute Gasteiger partial charge is 0.269 e. The Labute approximate surface area is 86.1 Å². The van der Waals surface area contributed by atoms with E-state index in [1.54, 1.807) is 16.8 Å². The van der Waals surface area contributed by atoms with Gasteiger partial charge in [-0.05, 0) is 18.2 Å². The zero-order chi connectivity index (χ0) is 10.8. The maximum absolute atomic E-state index is 10.4. The molecule has 0 aliphatic carbocycles. The SMILES string of the molecule is Cn1ccc(-c2ccc([N+](=O)[O-])cc2)n1.